The van der Waals surface area contributed by atoms with Gasteiger partial charge < -0.3 is 10.6 Å². The van der Waals surface area contributed by atoms with Crippen molar-refractivity contribution in [2.24, 2.45) is 5.92 Å². The minimum atomic E-state index is -0.804. The third-order valence-corrected chi connectivity index (χ3v) is 7.39. The van der Waals surface area contributed by atoms with E-state index in [9.17, 15) is 14.4 Å². The second-order valence-corrected chi connectivity index (χ2v) is 9.10. The summed E-state index contributed by atoms with van der Waals surface area (Å²) < 4.78 is 0. The molecule has 4 rings (SSSR count). The first-order chi connectivity index (χ1) is 13.0. The van der Waals surface area contributed by atoms with Crippen LogP contribution in [0, 0.1) is 5.92 Å². The van der Waals surface area contributed by atoms with Crippen molar-refractivity contribution in [3.63, 3.8) is 0 Å². The summed E-state index contributed by atoms with van der Waals surface area (Å²) in [5.41, 5.74) is -0.774. The Morgan fingerprint density at radius 2 is 1.96 bits per heavy atom. The molecule has 2 heterocycles. The maximum absolute atomic E-state index is 13.0. The molecule has 2 N–H and O–H groups in total. The molecule has 1 aromatic rings. The topological polar surface area (TPSA) is 78.5 Å². The molecule has 2 atom stereocenters. The van der Waals surface area contributed by atoms with E-state index >= 15 is 0 Å². The number of amides is 4. The van der Waals surface area contributed by atoms with Gasteiger partial charge in [0.25, 0.3) is 5.91 Å². The van der Waals surface area contributed by atoms with Crippen molar-refractivity contribution in [2.75, 3.05) is 0 Å². The fraction of sp³-hybridized carbons (Fsp3) is 0.650. The van der Waals surface area contributed by atoms with Crippen LogP contribution >= 0.6 is 11.3 Å². The van der Waals surface area contributed by atoms with Crippen molar-refractivity contribution in [1.82, 2.24) is 15.5 Å². The molecule has 2 unspecified atom stereocenters. The quantitative estimate of drug-likeness (QED) is 0.758. The van der Waals surface area contributed by atoms with Crippen LogP contribution in [0.15, 0.2) is 17.5 Å². The van der Waals surface area contributed by atoms with Crippen LogP contribution in [0.1, 0.15) is 69.2 Å². The van der Waals surface area contributed by atoms with E-state index in [2.05, 4.69) is 16.7 Å². The van der Waals surface area contributed by atoms with Crippen LogP contribution in [0.5, 0.6) is 0 Å². The summed E-state index contributed by atoms with van der Waals surface area (Å²) in [5.74, 6) is -0.0656. The van der Waals surface area contributed by atoms with E-state index in [0.29, 0.717) is 18.8 Å². The Balaban J connectivity index is 1.49. The van der Waals surface area contributed by atoms with Crippen LogP contribution < -0.4 is 10.6 Å². The minimum Gasteiger partial charge on any atom is -0.346 e. The van der Waals surface area contributed by atoms with Crippen molar-refractivity contribution in [2.45, 2.75) is 75.9 Å². The van der Waals surface area contributed by atoms with Crippen LogP contribution in [0.4, 0.5) is 4.79 Å². The van der Waals surface area contributed by atoms with E-state index < -0.39 is 17.6 Å². The van der Waals surface area contributed by atoms with E-state index in [1.165, 1.54) is 12.8 Å². The number of hydrogen-bond donors (Lipinski definition) is 2. The number of rotatable bonds is 5. The number of imide groups is 1. The molecule has 3 aliphatic rings. The number of carbonyl (C=O) groups excluding carboxylic acids is 3. The molecule has 146 valence electrons. The highest BCUT2D eigenvalue weighted by Gasteiger charge is 2.54. The second kappa shape index (κ2) is 7.26. The predicted octanol–water partition coefficient (Wildman–Crippen LogP) is 3.35. The predicted molar refractivity (Wildman–Crippen MR) is 103 cm³/mol. The zero-order valence-electron chi connectivity index (χ0n) is 15.7. The maximum atomic E-state index is 13.0. The number of nitrogens with zero attached hydrogens (tertiary/aromatic N) is 1. The fourth-order valence-electron chi connectivity index (χ4n) is 4.88. The lowest BCUT2D eigenvalue weighted by molar-refractivity contribution is -0.138. The van der Waals surface area contributed by atoms with Gasteiger partial charge >= 0.3 is 6.03 Å². The Kier molecular flexibility index (Phi) is 4.97. The summed E-state index contributed by atoms with van der Waals surface area (Å²) in [4.78, 5) is 40.7. The second-order valence-electron chi connectivity index (χ2n) is 8.12. The lowest BCUT2D eigenvalue weighted by Gasteiger charge is -2.28. The highest BCUT2D eigenvalue weighted by atomic mass is 32.1. The van der Waals surface area contributed by atoms with Crippen molar-refractivity contribution in [3.05, 3.63) is 22.4 Å². The first-order valence-electron chi connectivity index (χ1n) is 10.0. The van der Waals surface area contributed by atoms with Crippen LogP contribution in [0.2, 0.25) is 0 Å². The molecule has 7 heteroatoms. The van der Waals surface area contributed by atoms with E-state index in [4.69, 9.17) is 0 Å². The number of urea groups is 1. The molecule has 0 bridgehead atoms. The standard InChI is InChI=1S/C20H27N3O3S/c1-13(23-18(25)20(22-19(23)26)10-4-5-11-20)17(24)21-16(14-7-2-3-8-14)15-9-6-12-27-15/h6,9,12-14,16H,2-5,7-8,10-11H2,1H3,(H,21,24)(H,22,26). The molecule has 1 aliphatic heterocycles. The van der Waals surface area contributed by atoms with E-state index in [1.807, 2.05) is 11.4 Å². The molecular weight excluding hydrogens is 362 g/mol. The summed E-state index contributed by atoms with van der Waals surface area (Å²) in [5, 5.41) is 8.04. The average molecular weight is 390 g/mol. The van der Waals surface area contributed by atoms with Gasteiger partial charge in [0.1, 0.15) is 11.6 Å². The Morgan fingerprint density at radius 1 is 1.26 bits per heavy atom. The molecule has 6 nitrogen and oxygen atoms in total. The number of carbonyl (C=O) groups is 3. The van der Waals surface area contributed by atoms with Crippen LogP contribution in [0.3, 0.4) is 0 Å². The van der Waals surface area contributed by atoms with Gasteiger partial charge in [-0.05, 0) is 50.0 Å². The molecule has 2 aliphatic carbocycles. The summed E-state index contributed by atoms with van der Waals surface area (Å²) in [7, 11) is 0. The van der Waals surface area contributed by atoms with Crippen LogP contribution in [-0.2, 0) is 9.59 Å². The first kappa shape index (κ1) is 18.5. The smallest absolute Gasteiger partial charge is 0.325 e. The fourth-order valence-corrected chi connectivity index (χ4v) is 5.75. The monoisotopic (exact) mass is 389 g/mol. The Morgan fingerprint density at radius 3 is 2.59 bits per heavy atom. The third kappa shape index (κ3) is 3.26. The summed E-state index contributed by atoms with van der Waals surface area (Å²) in [6, 6.07) is 2.78. The first-order valence-corrected chi connectivity index (χ1v) is 10.9. The highest BCUT2D eigenvalue weighted by Crippen LogP contribution is 2.38. The zero-order valence-corrected chi connectivity index (χ0v) is 16.5. The number of hydrogen-bond acceptors (Lipinski definition) is 4. The van der Waals surface area contributed by atoms with Gasteiger partial charge in [0.15, 0.2) is 0 Å². The van der Waals surface area contributed by atoms with Crippen molar-refractivity contribution >= 4 is 29.2 Å². The SMILES string of the molecule is CC(C(=O)NC(c1cccs1)C1CCCC1)N1C(=O)NC2(CCCC2)C1=O. The van der Waals surface area contributed by atoms with Crippen molar-refractivity contribution in [3.8, 4) is 0 Å². The van der Waals surface area contributed by atoms with E-state index in [0.717, 1.165) is 35.5 Å². The summed E-state index contributed by atoms with van der Waals surface area (Å²) in [6.07, 6.45) is 7.78. The highest BCUT2D eigenvalue weighted by molar-refractivity contribution is 7.10. The lowest BCUT2D eigenvalue weighted by atomic mass is 9.96. The Labute approximate surface area is 163 Å². The normalized spacial score (nSPS) is 24.4. The van der Waals surface area contributed by atoms with Crippen molar-refractivity contribution < 1.29 is 14.4 Å². The van der Waals surface area contributed by atoms with E-state index in [1.54, 1.807) is 18.3 Å². The molecular formula is C20H27N3O3S. The number of nitrogens with one attached hydrogen (secondary N) is 2. The van der Waals surface area contributed by atoms with Gasteiger partial charge in [-0.3, -0.25) is 9.59 Å². The molecule has 0 aromatic carbocycles. The molecule has 1 aromatic heterocycles. The van der Waals surface area contributed by atoms with Crippen LogP contribution in [-0.4, -0.2) is 34.3 Å². The molecule has 3 fully saturated rings. The van der Waals surface area contributed by atoms with Crippen LogP contribution in [0.25, 0.3) is 0 Å². The zero-order chi connectivity index (χ0) is 19.0. The van der Waals surface area contributed by atoms with Gasteiger partial charge in [0.05, 0.1) is 6.04 Å². The summed E-state index contributed by atoms with van der Waals surface area (Å²) >= 11 is 1.65. The Hall–Kier alpha value is -1.89. The van der Waals surface area contributed by atoms with Gasteiger partial charge in [-0.1, -0.05) is 31.7 Å². The molecule has 0 radical (unpaired) electrons. The molecule has 2 saturated carbocycles. The maximum Gasteiger partial charge on any atom is 0.325 e. The van der Waals surface area contributed by atoms with Gasteiger partial charge in [-0.15, -0.1) is 11.3 Å². The average Bonchev–Trinajstić information content (AvgIpc) is 3.43. The third-order valence-electron chi connectivity index (χ3n) is 6.44. The van der Waals surface area contributed by atoms with Crippen molar-refractivity contribution in [1.29, 1.82) is 0 Å². The van der Waals surface area contributed by atoms with Gasteiger partial charge in [0, 0.05) is 4.88 Å². The molecule has 27 heavy (non-hydrogen) atoms. The largest absolute Gasteiger partial charge is 0.346 e. The number of thiophene rings is 1. The Bertz CT molecular complexity index is 721. The van der Waals surface area contributed by atoms with Gasteiger partial charge in [-0.25, -0.2) is 9.69 Å². The molecule has 1 spiro atoms. The van der Waals surface area contributed by atoms with Gasteiger partial charge in [0.2, 0.25) is 5.91 Å². The molecule has 1 saturated heterocycles. The summed E-state index contributed by atoms with van der Waals surface area (Å²) in [6.45, 7) is 1.65. The minimum absolute atomic E-state index is 0.0383. The van der Waals surface area contributed by atoms with E-state index in [-0.39, 0.29) is 17.9 Å². The lowest BCUT2D eigenvalue weighted by Crippen LogP contribution is -2.51. The van der Waals surface area contributed by atoms with Gasteiger partial charge in [-0.2, -0.15) is 0 Å². The molecule has 4 amide bonds.